The predicted molar refractivity (Wildman–Crippen MR) is 92.3 cm³/mol. The number of nitrogens with zero attached hydrogens (tertiary/aromatic N) is 2. The first-order valence-electron chi connectivity index (χ1n) is 7.77. The minimum Gasteiger partial charge on any atom is -0.591 e. The number of methoxy groups -OCH3 is 1. The highest BCUT2D eigenvalue weighted by Crippen LogP contribution is 2.47. The van der Waals surface area contributed by atoms with Crippen molar-refractivity contribution in [2.24, 2.45) is 16.2 Å². The smallest absolute Gasteiger partial charge is 0.144 e. The fraction of sp³-hybridized carbons (Fsp3) is 0.588. The van der Waals surface area contributed by atoms with Gasteiger partial charge in [-0.25, -0.2) is 0 Å². The molecule has 1 saturated heterocycles. The average Bonchev–Trinajstić information content (AvgIpc) is 3.09. The number of rotatable bonds is 4. The van der Waals surface area contributed by atoms with Crippen LogP contribution in [0.25, 0.3) is 0 Å². The van der Waals surface area contributed by atoms with Crippen LogP contribution in [0.1, 0.15) is 32.8 Å². The molecule has 2 aliphatic rings. The van der Waals surface area contributed by atoms with Gasteiger partial charge in [0.05, 0.1) is 13.3 Å². The van der Waals surface area contributed by atoms with Gasteiger partial charge in [0.15, 0.2) is 0 Å². The predicted octanol–water partition coefficient (Wildman–Crippen LogP) is 3.03. The maximum atomic E-state index is 12.1. The van der Waals surface area contributed by atoms with Gasteiger partial charge in [-0.2, -0.15) is 0 Å². The zero-order valence-electron chi connectivity index (χ0n) is 13.7. The van der Waals surface area contributed by atoms with Crippen LogP contribution in [-0.4, -0.2) is 35.7 Å². The molecule has 4 nitrogen and oxygen atoms in total. The van der Waals surface area contributed by atoms with Crippen LogP contribution < -0.4 is 9.64 Å². The Kier molecular flexibility index (Phi) is 4.12. The summed E-state index contributed by atoms with van der Waals surface area (Å²) in [6, 6.07) is 6.00. The van der Waals surface area contributed by atoms with Gasteiger partial charge in [0.25, 0.3) is 0 Å². The molecule has 22 heavy (non-hydrogen) atoms. The summed E-state index contributed by atoms with van der Waals surface area (Å²) in [5, 5.41) is 0. The highest BCUT2D eigenvalue weighted by Gasteiger charge is 2.45. The van der Waals surface area contributed by atoms with Gasteiger partial charge in [-0.1, -0.05) is 4.40 Å². The first-order chi connectivity index (χ1) is 10.4. The van der Waals surface area contributed by atoms with Crippen LogP contribution in [0.4, 0.5) is 5.69 Å². The summed E-state index contributed by atoms with van der Waals surface area (Å²) in [4.78, 5) is 2.41. The van der Waals surface area contributed by atoms with Crippen molar-refractivity contribution in [2.45, 2.75) is 31.9 Å². The molecule has 3 atom stereocenters. The van der Waals surface area contributed by atoms with Crippen LogP contribution in [0.3, 0.4) is 0 Å². The molecule has 0 radical (unpaired) electrons. The number of fused-ring (bicyclic) bond motifs is 1. The molecule has 1 aromatic rings. The zero-order valence-corrected chi connectivity index (χ0v) is 14.5. The summed E-state index contributed by atoms with van der Waals surface area (Å²) in [5.41, 5.74) is 2.15. The van der Waals surface area contributed by atoms with E-state index in [0.717, 1.165) is 41.9 Å². The van der Waals surface area contributed by atoms with Gasteiger partial charge < -0.3 is 14.2 Å². The Morgan fingerprint density at radius 2 is 2.00 bits per heavy atom. The van der Waals surface area contributed by atoms with Crippen molar-refractivity contribution < 1.29 is 9.29 Å². The lowest BCUT2D eigenvalue weighted by atomic mass is 10.1. The van der Waals surface area contributed by atoms with Gasteiger partial charge in [-0.05, 0) is 51.2 Å². The minimum absolute atomic E-state index is 0.335. The monoisotopic (exact) mass is 320 g/mol. The summed E-state index contributed by atoms with van der Waals surface area (Å²) in [5.74, 6) is 2.57. The summed E-state index contributed by atoms with van der Waals surface area (Å²) in [7, 11) is 1.68. The van der Waals surface area contributed by atoms with E-state index in [0.29, 0.717) is 0 Å². The van der Waals surface area contributed by atoms with E-state index in [1.54, 1.807) is 13.3 Å². The minimum atomic E-state index is -1.23. The van der Waals surface area contributed by atoms with Crippen molar-refractivity contribution in [1.82, 2.24) is 0 Å². The van der Waals surface area contributed by atoms with Gasteiger partial charge in [0.2, 0.25) is 0 Å². The van der Waals surface area contributed by atoms with E-state index in [2.05, 4.69) is 15.4 Å². The standard InChI is InChI=1S/C17H24N2O2S/c1-17(2,3)22(20)18-9-12-5-6-15(21-4)8-16(12)19-10-13-7-14(13)11-19/h5-6,8-9,13-14H,7,10-11H2,1-4H3/b18-9+. The third-order valence-corrected chi connectivity index (χ3v) is 5.71. The molecule has 2 fully saturated rings. The molecule has 3 unspecified atom stereocenters. The maximum absolute atomic E-state index is 12.1. The van der Waals surface area contributed by atoms with E-state index < -0.39 is 11.4 Å². The SMILES string of the molecule is COc1ccc(/C=N/[S+]([O-])C(C)(C)C)c(N2CC3CC3C2)c1. The van der Waals surface area contributed by atoms with Crippen molar-refractivity contribution >= 4 is 23.3 Å². The lowest BCUT2D eigenvalue weighted by Gasteiger charge is -2.23. The van der Waals surface area contributed by atoms with Crippen LogP contribution in [0.15, 0.2) is 22.6 Å². The van der Waals surface area contributed by atoms with E-state index in [1.807, 2.05) is 32.9 Å². The first kappa shape index (κ1) is 15.7. The summed E-state index contributed by atoms with van der Waals surface area (Å²) < 4.78 is 21.4. The van der Waals surface area contributed by atoms with E-state index in [-0.39, 0.29) is 4.75 Å². The molecular weight excluding hydrogens is 296 g/mol. The van der Waals surface area contributed by atoms with Gasteiger partial charge in [0, 0.05) is 30.4 Å². The quantitative estimate of drug-likeness (QED) is 0.633. The topological polar surface area (TPSA) is 47.9 Å². The van der Waals surface area contributed by atoms with Gasteiger partial charge in [0.1, 0.15) is 21.9 Å². The molecule has 5 heteroatoms. The Morgan fingerprint density at radius 3 is 2.59 bits per heavy atom. The summed E-state index contributed by atoms with van der Waals surface area (Å²) in [6.45, 7) is 8.03. The molecule has 120 valence electrons. The molecule has 0 N–H and O–H groups in total. The van der Waals surface area contributed by atoms with Crippen molar-refractivity contribution in [3.63, 3.8) is 0 Å². The molecule has 1 aliphatic heterocycles. The lowest BCUT2D eigenvalue weighted by Crippen LogP contribution is -2.26. The highest BCUT2D eigenvalue weighted by atomic mass is 32.2. The van der Waals surface area contributed by atoms with Gasteiger partial charge >= 0.3 is 0 Å². The van der Waals surface area contributed by atoms with Crippen molar-refractivity contribution in [3.05, 3.63) is 23.8 Å². The Labute approximate surface area is 135 Å². The van der Waals surface area contributed by atoms with Crippen molar-refractivity contribution in [3.8, 4) is 5.75 Å². The molecule has 1 aliphatic carbocycles. The second-order valence-electron chi connectivity index (χ2n) is 7.18. The lowest BCUT2D eigenvalue weighted by molar-refractivity contribution is 0.415. The summed E-state index contributed by atoms with van der Waals surface area (Å²) >= 11 is -1.23. The van der Waals surface area contributed by atoms with Gasteiger partial charge in [-0.15, -0.1) is 0 Å². The molecule has 3 rings (SSSR count). The number of benzene rings is 1. The van der Waals surface area contributed by atoms with Crippen LogP contribution >= 0.6 is 0 Å². The van der Waals surface area contributed by atoms with E-state index in [1.165, 1.54) is 6.42 Å². The third-order valence-electron chi connectivity index (χ3n) is 4.37. The third kappa shape index (κ3) is 3.25. The van der Waals surface area contributed by atoms with Crippen molar-refractivity contribution in [2.75, 3.05) is 25.1 Å². The molecule has 0 aromatic heterocycles. The Morgan fingerprint density at radius 1 is 1.32 bits per heavy atom. The second-order valence-corrected chi connectivity index (χ2v) is 9.12. The molecule has 1 saturated carbocycles. The first-order valence-corrected chi connectivity index (χ1v) is 8.88. The number of ether oxygens (including phenoxy) is 1. The van der Waals surface area contributed by atoms with Crippen LogP contribution in [0.5, 0.6) is 5.75 Å². The fourth-order valence-corrected chi connectivity index (χ4v) is 3.42. The molecule has 1 aromatic carbocycles. The van der Waals surface area contributed by atoms with Crippen molar-refractivity contribution in [1.29, 1.82) is 0 Å². The molecule has 1 heterocycles. The van der Waals surface area contributed by atoms with E-state index in [9.17, 15) is 4.55 Å². The van der Waals surface area contributed by atoms with Crippen LogP contribution in [0, 0.1) is 11.8 Å². The molecule has 0 spiro atoms. The number of hydrogen-bond acceptors (Lipinski definition) is 4. The van der Waals surface area contributed by atoms with Crippen LogP contribution in [-0.2, 0) is 11.4 Å². The van der Waals surface area contributed by atoms with E-state index >= 15 is 0 Å². The molecule has 0 amide bonds. The normalized spacial score (nSPS) is 25.4. The largest absolute Gasteiger partial charge is 0.591 e. The van der Waals surface area contributed by atoms with Gasteiger partial charge in [-0.3, -0.25) is 0 Å². The summed E-state index contributed by atoms with van der Waals surface area (Å²) in [6.07, 6.45) is 3.12. The zero-order chi connectivity index (χ0) is 15.9. The molecule has 0 bridgehead atoms. The second kappa shape index (κ2) is 5.78. The Balaban J connectivity index is 1.84. The number of anilines is 1. The molecular formula is C17H24N2O2S. The number of piperidine rings is 1. The average molecular weight is 320 g/mol. The Hall–Kier alpha value is -1.20. The Bertz CT molecular complexity index is 573. The fourth-order valence-electron chi connectivity index (χ4n) is 2.89. The maximum Gasteiger partial charge on any atom is 0.144 e. The van der Waals surface area contributed by atoms with Crippen LogP contribution in [0.2, 0.25) is 0 Å². The number of hydrogen-bond donors (Lipinski definition) is 0. The van der Waals surface area contributed by atoms with E-state index in [4.69, 9.17) is 4.74 Å². The highest BCUT2D eigenvalue weighted by molar-refractivity contribution is 7.91.